The fraction of sp³-hybridized carbons (Fsp3) is 0.500. The van der Waals surface area contributed by atoms with Gasteiger partial charge in [-0.05, 0) is 37.1 Å². The Morgan fingerprint density at radius 1 is 1.40 bits per heavy atom. The molecule has 0 saturated carbocycles. The molecule has 0 radical (unpaired) electrons. The SMILES string of the molecule is CN(CC1CCCO1)c1ccc(N)cc1. The molecule has 1 aromatic rings. The van der Waals surface area contributed by atoms with E-state index in [1.54, 1.807) is 0 Å². The van der Waals surface area contributed by atoms with Crippen LogP contribution in [0.25, 0.3) is 0 Å². The van der Waals surface area contributed by atoms with Crippen LogP contribution in [0.4, 0.5) is 11.4 Å². The molecule has 15 heavy (non-hydrogen) atoms. The molecule has 2 N–H and O–H groups in total. The molecule has 3 heteroatoms. The smallest absolute Gasteiger partial charge is 0.0750 e. The molecule has 2 rings (SSSR count). The molecule has 0 spiro atoms. The average Bonchev–Trinajstić information content (AvgIpc) is 2.71. The summed E-state index contributed by atoms with van der Waals surface area (Å²) in [5, 5.41) is 0. The number of likely N-dealkylation sites (N-methyl/N-ethyl adjacent to an activating group) is 1. The molecule has 82 valence electrons. The monoisotopic (exact) mass is 206 g/mol. The van der Waals surface area contributed by atoms with Crippen LogP contribution in [0.5, 0.6) is 0 Å². The van der Waals surface area contributed by atoms with Crippen LogP contribution in [-0.2, 0) is 4.74 Å². The quantitative estimate of drug-likeness (QED) is 0.767. The van der Waals surface area contributed by atoms with Gasteiger partial charge in [0.2, 0.25) is 0 Å². The lowest BCUT2D eigenvalue weighted by atomic mass is 10.2. The van der Waals surface area contributed by atoms with Crippen molar-refractivity contribution >= 4 is 11.4 Å². The van der Waals surface area contributed by atoms with Gasteiger partial charge in [-0.15, -0.1) is 0 Å². The summed E-state index contributed by atoms with van der Waals surface area (Å²) in [4.78, 5) is 2.22. The first-order chi connectivity index (χ1) is 7.25. The average molecular weight is 206 g/mol. The van der Waals surface area contributed by atoms with Crippen molar-refractivity contribution in [2.45, 2.75) is 18.9 Å². The number of hydrogen-bond donors (Lipinski definition) is 1. The molecule has 0 bridgehead atoms. The van der Waals surface area contributed by atoms with E-state index in [2.05, 4.69) is 11.9 Å². The maximum Gasteiger partial charge on any atom is 0.0750 e. The zero-order valence-corrected chi connectivity index (χ0v) is 9.15. The number of nitrogen functional groups attached to an aromatic ring is 1. The Morgan fingerprint density at radius 2 is 2.13 bits per heavy atom. The van der Waals surface area contributed by atoms with Crippen molar-refractivity contribution < 1.29 is 4.74 Å². The highest BCUT2D eigenvalue weighted by Crippen LogP contribution is 2.18. The normalized spacial score (nSPS) is 20.5. The zero-order chi connectivity index (χ0) is 10.7. The molecular weight excluding hydrogens is 188 g/mol. The van der Waals surface area contributed by atoms with Gasteiger partial charge in [-0.3, -0.25) is 0 Å². The summed E-state index contributed by atoms with van der Waals surface area (Å²) >= 11 is 0. The van der Waals surface area contributed by atoms with Crippen molar-refractivity contribution in [2.75, 3.05) is 30.8 Å². The van der Waals surface area contributed by atoms with E-state index < -0.39 is 0 Å². The summed E-state index contributed by atoms with van der Waals surface area (Å²) < 4.78 is 5.60. The van der Waals surface area contributed by atoms with Crippen LogP contribution in [0.1, 0.15) is 12.8 Å². The van der Waals surface area contributed by atoms with E-state index in [1.807, 2.05) is 24.3 Å². The molecule has 1 saturated heterocycles. The Hall–Kier alpha value is -1.22. The summed E-state index contributed by atoms with van der Waals surface area (Å²) in [6.45, 7) is 1.88. The number of nitrogens with zero attached hydrogens (tertiary/aromatic N) is 1. The number of benzene rings is 1. The first-order valence-corrected chi connectivity index (χ1v) is 5.44. The predicted molar refractivity (Wildman–Crippen MR) is 63.1 cm³/mol. The van der Waals surface area contributed by atoms with Gasteiger partial charge >= 0.3 is 0 Å². The highest BCUT2D eigenvalue weighted by Gasteiger charge is 2.17. The van der Waals surface area contributed by atoms with Gasteiger partial charge in [0.15, 0.2) is 0 Å². The topological polar surface area (TPSA) is 38.5 Å². The lowest BCUT2D eigenvalue weighted by Gasteiger charge is -2.22. The molecule has 1 unspecified atom stereocenters. The lowest BCUT2D eigenvalue weighted by Crippen LogP contribution is -2.28. The number of anilines is 2. The Bertz CT molecular complexity index is 304. The summed E-state index contributed by atoms with van der Waals surface area (Å²) in [5.74, 6) is 0. The van der Waals surface area contributed by atoms with Gasteiger partial charge in [0.05, 0.1) is 6.10 Å². The van der Waals surface area contributed by atoms with Crippen molar-refractivity contribution in [1.82, 2.24) is 0 Å². The predicted octanol–water partition coefficient (Wildman–Crippen LogP) is 1.88. The number of rotatable bonds is 3. The highest BCUT2D eigenvalue weighted by atomic mass is 16.5. The maximum absolute atomic E-state index is 5.65. The molecule has 0 aromatic heterocycles. The van der Waals surface area contributed by atoms with E-state index in [1.165, 1.54) is 18.5 Å². The van der Waals surface area contributed by atoms with Crippen LogP contribution in [-0.4, -0.2) is 26.3 Å². The van der Waals surface area contributed by atoms with E-state index >= 15 is 0 Å². The summed E-state index contributed by atoms with van der Waals surface area (Å²) in [7, 11) is 2.09. The number of ether oxygens (including phenoxy) is 1. The van der Waals surface area contributed by atoms with Crippen molar-refractivity contribution in [3.63, 3.8) is 0 Å². The van der Waals surface area contributed by atoms with Crippen LogP contribution in [0.15, 0.2) is 24.3 Å². The van der Waals surface area contributed by atoms with Gasteiger partial charge in [-0.2, -0.15) is 0 Å². The fourth-order valence-electron chi connectivity index (χ4n) is 1.93. The zero-order valence-electron chi connectivity index (χ0n) is 9.15. The van der Waals surface area contributed by atoms with E-state index in [4.69, 9.17) is 10.5 Å². The van der Waals surface area contributed by atoms with Crippen molar-refractivity contribution in [3.8, 4) is 0 Å². The van der Waals surface area contributed by atoms with Gasteiger partial charge in [0.1, 0.15) is 0 Å². The van der Waals surface area contributed by atoms with E-state index in [-0.39, 0.29) is 0 Å². The Balaban J connectivity index is 1.94. The summed E-state index contributed by atoms with van der Waals surface area (Å²) in [5.41, 5.74) is 7.65. The molecule has 1 aromatic carbocycles. The molecule has 1 aliphatic rings. The molecule has 0 aliphatic carbocycles. The van der Waals surface area contributed by atoms with Crippen LogP contribution in [0, 0.1) is 0 Å². The largest absolute Gasteiger partial charge is 0.399 e. The second-order valence-electron chi connectivity index (χ2n) is 4.11. The van der Waals surface area contributed by atoms with Gasteiger partial charge in [-0.1, -0.05) is 0 Å². The van der Waals surface area contributed by atoms with Gasteiger partial charge < -0.3 is 15.4 Å². The van der Waals surface area contributed by atoms with Crippen molar-refractivity contribution in [3.05, 3.63) is 24.3 Å². The highest BCUT2D eigenvalue weighted by molar-refractivity contribution is 5.52. The molecule has 1 aliphatic heterocycles. The minimum Gasteiger partial charge on any atom is -0.399 e. The summed E-state index contributed by atoms with van der Waals surface area (Å²) in [6.07, 6.45) is 2.77. The molecule has 1 heterocycles. The van der Waals surface area contributed by atoms with Gasteiger partial charge in [-0.25, -0.2) is 0 Å². The van der Waals surface area contributed by atoms with E-state index in [0.717, 1.165) is 18.8 Å². The molecular formula is C12H18N2O. The fourth-order valence-corrected chi connectivity index (χ4v) is 1.93. The molecule has 1 atom stereocenters. The Kier molecular flexibility index (Phi) is 3.11. The lowest BCUT2D eigenvalue weighted by molar-refractivity contribution is 0.116. The molecule has 3 nitrogen and oxygen atoms in total. The first kappa shape index (κ1) is 10.3. The van der Waals surface area contributed by atoms with Crippen LogP contribution in [0.2, 0.25) is 0 Å². The number of nitrogens with two attached hydrogens (primary N) is 1. The van der Waals surface area contributed by atoms with Crippen LogP contribution < -0.4 is 10.6 Å². The van der Waals surface area contributed by atoms with E-state index in [0.29, 0.717) is 6.10 Å². The molecule has 1 fully saturated rings. The third-order valence-electron chi connectivity index (χ3n) is 2.84. The molecule has 0 amide bonds. The van der Waals surface area contributed by atoms with Crippen molar-refractivity contribution in [2.24, 2.45) is 0 Å². The third kappa shape index (κ3) is 2.63. The standard InChI is InChI=1S/C12H18N2O/c1-14(9-12-3-2-8-15-12)11-6-4-10(13)5-7-11/h4-7,12H,2-3,8-9,13H2,1H3. The minimum absolute atomic E-state index is 0.396. The van der Waals surface area contributed by atoms with Crippen LogP contribution in [0.3, 0.4) is 0 Å². The first-order valence-electron chi connectivity index (χ1n) is 5.44. The Morgan fingerprint density at radius 3 is 2.73 bits per heavy atom. The van der Waals surface area contributed by atoms with Gasteiger partial charge in [0, 0.05) is 31.6 Å². The second kappa shape index (κ2) is 4.53. The second-order valence-corrected chi connectivity index (χ2v) is 4.11. The minimum atomic E-state index is 0.396. The Labute approximate surface area is 90.8 Å². The van der Waals surface area contributed by atoms with E-state index in [9.17, 15) is 0 Å². The number of hydrogen-bond acceptors (Lipinski definition) is 3. The maximum atomic E-state index is 5.65. The van der Waals surface area contributed by atoms with Gasteiger partial charge in [0.25, 0.3) is 0 Å². The third-order valence-corrected chi connectivity index (χ3v) is 2.84. The van der Waals surface area contributed by atoms with Crippen molar-refractivity contribution in [1.29, 1.82) is 0 Å². The van der Waals surface area contributed by atoms with Crippen LogP contribution >= 0.6 is 0 Å². The summed E-state index contributed by atoms with van der Waals surface area (Å²) in [6, 6.07) is 7.96.